The molecule has 2 heterocycles. The van der Waals surface area contributed by atoms with Gasteiger partial charge in [0.2, 0.25) is 0 Å². The monoisotopic (exact) mass is 305 g/mol. The van der Waals surface area contributed by atoms with E-state index in [1.165, 1.54) is 6.07 Å². The van der Waals surface area contributed by atoms with Gasteiger partial charge in [-0.05, 0) is 36.6 Å². The number of hydrogen-bond donors (Lipinski definition) is 1. The van der Waals surface area contributed by atoms with Crippen molar-refractivity contribution in [1.82, 2.24) is 0 Å². The molecular formula is C16H19NO5. The Labute approximate surface area is 128 Å². The van der Waals surface area contributed by atoms with Crippen LogP contribution in [0.1, 0.15) is 35.2 Å². The number of ether oxygens (including phenoxy) is 2. The molecule has 1 fully saturated rings. The third kappa shape index (κ3) is 3.06. The molecule has 0 atom stereocenters. The molecule has 0 saturated carbocycles. The number of amides is 1. The smallest absolute Gasteiger partial charge is 0.414 e. The van der Waals surface area contributed by atoms with Crippen molar-refractivity contribution in [2.75, 3.05) is 24.7 Å². The van der Waals surface area contributed by atoms with Crippen molar-refractivity contribution in [3.8, 4) is 0 Å². The molecule has 118 valence electrons. The van der Waals surface area contributed by atoms with Crippen LogP contribution in [-0.4, -0.2) is 43.0 Å². The van der Waals surface area contributed by atoms with Gasteiger partial charge < -0.3 is 14.6 Å². The molecular weight excluding hydrogens is 286 g/mol. The molecule has 6 nitrogen and oxygen atoms in total. The largest absolute Gasteiger partial charge is 0.478 e. The molecule has 1 saturated heterocycles. The third-order valence-electron chi connectivity index (χ3n) is 4.10. The Morgan fingerprint density at radius 2 is 2.05 bits per heavy atom. The van der Waals surface area contributed by atoms with Crippen molar-refractivity contribution in [2.24, 2.45) is 0 Å². The van der Waals surface area contributed by atoms with Gasteiger partial charge in [0.25, 0.3) is 0 Å². The van der Waals surface area contributed by atoms with Gasteiger partial charge in [-0.2, -0.15) is 0 Å². The van der Waals surface area contributed by atoms with Gasteiger partial charge in [-0.3, -0.25) is 4.90 Å². The van der Waals surface area contributed by atoms with E-state index < -0.39 is 5.97 Å². The fraction of sp³-hybridized carbons (Fsp3) is 0.500. The highest BCUT2D eigenvalue weighted by molar-refractivity contribution is 5.92. The summed E-state index contributed by atoms with van der Waals surface area (Å²) < 4.78 is 10.8. The van der Waals surface area contributed by atoms with Gasteiger partial charge >= 0.3 is 12.1 Å². The molecule has 0 unspecified atom stereocenters. The fourth-order valence-electron chi connectivity index (χ4n) is 2.92. The molecule has 0 aromatic heterocycles. The van der Waals surface area contributed by atoms with Crippen molar-refractivity contribution in [3.05, 3.63) is 29.3 Å². The zero-order valence-electron chi connectivity index (χ0n) is 12.3. The molecule has 2 aliphatic rings. The first-order chi connectivity index (χ1) is 10.6. The number of aryl methyl sites for hydroxylation is 1. The lowest BCUT2D eigenvalue weighted by molar-refractivity contribution is 0.00371. The van der Waals surface area contributed by atoms with Crippen molar-refractivity contribution in [3.63, 3.8) is 0 Å². The minimum atomic E-state index is -0.954. The Balaban J connectivity index is 1.75. The van der Waals surface area contributed by atoms with Crippen LogP contribution >= 0.6 is 0 Å². The standard InChI is InChI=1S/C16H19NO5/c18-15(19)12-3-4-14-11(10-12)2-1-7-17(14)16(20)22-13-5-8-21-9-6-13/h3-4,10,13H,1-2,5-9H2,(H,18,19). The molecule has 1 amide bonds. The van der Waals surface area contributed by atoms with E-state index in [-0.39, 0.29) is 17.8 Å². The van der Waals surface area contributed by atoms with Crippen LogP contribution in [0.15, 0.2) is 18.2 Å². The second kappa shape index (κ2) is 6.36. The molecule has 3 rings (SSSR count). The molecule has 1 N–H and O–H groups in total. The number of anilines is 1. The number of fused-ring (bicyclic) bond motifs is 1. The topological polar surface area (TPSA) is 76.1 Å². The Bertz CT molecular complexity index is 580. The minimum Gasteiger partial charge on any atom is -0.478 e. The van der Waals surface area contributed by atoms with Crippen LogP contribution in [0.4, 0.5) is 10.5 Å². The molecule has 1 aromatic carbocycles. The number of carboxylic acids is 1. The van der Waals surface area contributed by atoms with E-state index in [9.17, 15) is 9.59 Å². The first-order valence-electron chi connectivity index (χ1n) is 7.57. The van der Waals surface area contributed by atoms with Gasteiger partial charge in [0, 0.05) is 19.4 Å². The Hall–Kier alpha value is -2.08. The lowest BCUT2D eigenvalue weighted by Crippen LogP contribution is -2.39. The van der Waals surface area contributed by atoms with E-state index in [4.69, 9.17) is 14.6 Å². The molecule has 2 aliphatic heterocycles. The number of nitrogens with zero attached hydrogens (tertiary/aromatic N) is 1. The average Bonchev–Trinajstić information content (AvgIpc) is 2.54. The van der Waals surface area contributed by atoms with E-state index in [0.29, 0.717) is 19.8 Å². The van der Waals surface area contributed by atoms with Crippen molar-refractivity contribution < 1.29 is 24.2 Å². The zero-order valence-corrected chi connectivity index (χ0v) is 12.3. The van der Waals surface area contributed by atoms with Crippen LogP contribution in [0.25, 0.3) is 0 Å². The number of carbonyl (C=O) groups is 2. The molecule has 0 aliphatic carbocycles. The SMILES string of the molecule is O=C(O)c1ccc2c(c1)CCCN2C(=O)OC1CCOCC1. The van der Waals surface area contributed by atoms with Crippen LogP contribution < -0.4 is 4.90 Å². The van der Waals surface area contributed by atoms with E-state index >= 15 is 0 Å². The van der Waals surface area contributed by atoms with Crippen molar-refractivity contribution >= 4 is 17.7 Å². The van der Waals surface area contributed by atoms with Gasteiger partial charge in [-0.25, -0.2) is 9.59 Å². The van der Waals surface area contributed by atoms with Crippen LogP contribution in [-0.2, 0) is 15.9 Å². The predicted octanol–water partition coefficient (Wildman–Crippen LogP) is 2.45. The number of hydrogen-bond acceptors (Lipinski definition) is 4. The third-order valence-corrected chi connectivity index (χ3v) is 4.10. The molecule has 0 spiro atoms. The van der Waals surface area contributed by atoms with Crippen LogP contribution in [0.2, 0.25) is 0 Å². The van der Waals surface area contributed by atoms with E-state index in [2.05, 4.69) is 0 Å². The molecule has 0 bridgehead atoms. The van der Waals surface area contributed by atoms with Gasteiger partial charge in [0.05, 0.1) is 24.5 Å². The minimum absolute atomic E-state index is 0.0927. The van der Waals surface area contributed by atoms with Crippen molar-refractivity contribution in [2.45, 2.75) is 31.8 Å². The molecule has 0 radical (unpaired) electrons. The van der Waals surface area contributed by atoms with Gasteiger partial charge in [-0.15, -0.1) is 0 Å². The lowest BCUT2D eigenvalue weighted by Gasteiger charge is -2.31. The second-order valence-corrected chi connectivity index (χ2v) is 5.60. The Morgan fingerprint density at radius 3 is 2.77 bits per heavy atom. The summed E-state index contributed by atoms with van der Waals surface area (Å²) in [5, 5.41) is 9.06. The lowest BCUT2D eigenvalue weighted by atomic mass is 9.99. The Kier molecular flexibility index (Phi) is 4.29. The predicted molar refractivity (Wildman–Crippen MR) is 79.4 cm³/mol. The summed E-state index contributed by atoms with van der Waals surface area (Å²) in [6.45, 7) is 1.84. The number of benzene rings is 1. The molecule has 22 heavy (non-hydrogen) atoms. The van der Waals surface area contributed by atoms with Crippen LogP contribution in [0.5, 0.6) is 0 Å². The van der Waals surface area contributed by atoms with Crippen LogP contribution in [0, 0.1) is 0 Å². The van der Waals surface area contributed by atoms with Gasteiger partial charge in [-0.1, -0.05) is 0 Å². The maximum atomic E-state index is 12.4. The number of carboxylic acid groups (broad SMARTS) is 1. The van der Waals surface area contributed by atoms with Gasteiger partial charge in [0.1, 0.15) is 6.10 Å². The molecule has 1 aromatic rings. The van der Waals surface area contributed by atoms with Crippen molar-refractivity contribution in [1.29, 1.82) is 0 Å². The number of carbonyl (C=O) groups excluding carboxylic acids is 1. The van der Waals surface area contributed by atoms with Gasteiger partial charge in [0.15, 0.2) is 0 Å². The van der Waals surface area contributed by atoms with E-state index in [1.54, 1.807) is 17.0 Å². The summed E-state index contributed by atoms with van der Waals surface area (Å²) in [4.78, 5) is 25.1. The summed E-state index contributed by atoms with van der Waals surface area (Å²) in [6, 6.07) is 4.87. The first kappa shape index (κ1) is 14.8. The highest BCUT2D eigenvalue weighted by atomic mass is 16.6. The second-order valence-electron chi connectivity index (χ2n) is 5.60. The highest BCUT2D eigenvalue weighted by Gasteiger charge is 2.27. The van der Waals surface area contributed by atoms with E-state index in [0.717, 1.165) is 36.9 Å². The fourth-order valence-corrected chi connectivity index (χ4v) is 2.92. The average molecular weight is 305 g/mol. The summed E-state index contributed by atoms with van der Waals surface area (Å²) in [5.41, 5.74) is 1.89. The maximum Gasteiger partial charge on any atom is 0.414 e. The highest BCUT2D eigenvalue weighted by Crippen LogP contribution is 2.29. The first-order valence-corrected chi connectivity index (χ1v) is 7.57. The van der Waals surface area contributed by atoms with Crippen LogP contribution in [0.3, 0.4) is 0 Å². The summed E-state index contributed by atoms with van der Waals surface area (Å²) in [6.07, 6.45) is 2.59. The quantitative estimate of drug-likeness (QED) is 0.908. The zero-order chi connectivity index (χ0) is 15.5. The summed E-state index contributed by atoms with van der Waals surface area (Å²) in [5.74, 6) is -0.954. The summed E-state index contributed by atoms with van der Waals surface area (Å²) >= 11 is 0. The van der Waals surface area contributed by atoms with E-state index in [1.807, 2.05) is 0 Å². The summed E-state index contributed by atoms with van der Waals surface area (Å²) in [7, 11) is 0. The normalized spacial score (nSPS) is 18.6. The molecule has 6 heteroatoms. The number of aromatic carboxylic acids is 1. The number of rotatable bonds is 2. The Morgan fingerprint density at radius 1 is 1.27 bits per heavy atom. The maximum absolute atomic E-state index is 12.4.